The molecule has 0 aliphatic rings. The summed E-state index contributed by atoms with van der Waals surface area (Å²) in [6.45, 7) is 1.79. The molecule has 3 rings (SSSR count). The number of ether oxygens (including phenoxy) is 1. The van der Waals surface area contributed by atoms with Crippen LogP contribution in [0, 0.1) is 0 Å². The number of hydrogen-bond donors (Lipinski definition) is 1. The van der Waals surface area contributed by atoms with Crippen molar-refractivity contribution in [3.8, 4) is 11.4 Å². The van der Waals surface area contributed by atoms with Gasteiger partial charge in [-0.05, 0) is 53.7 Å². The second kappa shape index (κ2) is 8.20. The fraction of sp³-hybridized carbons (Fsp3) is 0.176. The number of benzene rings is 2. The fourth-order valence-corrected chi connectivity index (χ4v) is 3.12. The Balaban J connectivity index is 1.74. The van der Waals surface area contributed by atoms with Crippen LogP contribution in [0.3, 0.4) is 0 Å². The number of anilines is 1. The lowest BCUT2D eigenvalue weighted by Crippen LogP contribution is -2.22. The number of carbonyl (C=O) groups is 1. The summed E-state index contributed by atoms with van der Waals surface area (Å²) >= 11 is 7.11. The van der Waals surface area contributed by atoms with Gasteiger partial charge in [-0.1, -0.05) is 35.5 Å². The average molecular weight is 390 g/mol. The van der Waals surface area contributed by atoms with Crippen molar-refractivity contribution in [1.29, 1.82) is 0 Å². The lowest BCUT2D eigenvalue weighted by Gasteiger charge is -2.13. The summed E-state index contributed by atoms with van der Waals surface area (Å²) < 4.78 is 6.90. The molecule has 0 radical (unpaired) electrons. The van der Waals surface area contributed by atoms with Crippen LogP contribution in [0.15, 0.2) is 53.7 Å². The standard InChI is InChI=1S/C17H16ClN5O2S/c1-11(16(24)19-13-9-7-12(18)8-10-13)26-17-20-21-22-23(17)14-5-3-4-6-15(14)25-2/h3-11H,1-2H3,(H,19,24)/t11-/m1/s1. The molecule has 1 heterocycles. The molecule has 134 valence electrons. The zero-order valence-corrected chi connectivity index (χ0v) is 15.7. The highest BCUT2D eigenvalue weighted by atomic mass is 35.5. The van der Waals surface area contributed by atoms with Gasteiger partial charge in [0.05, 0.1) is 12.4 Å². The molecule has 0 unspecified atom stereocenters. The van der Waals surface area contributed by atoms with Crippen molar-refractivity contribution in [2.45, 2.75) is 17.3 Å². The van der Waals surface area contributed by atoms with E-state index in [0.717, 1.165) is 0 Å². The topological polar surface area (TPSA) is 81.9 Å². The number of aromatic nitrogens is 4. The van der Waals surface area contributed by atoms with Crippen molar-refractivity contribution in [2.75, 3.05) is 12.4 Å². The summed E-state index contributed by atoms with van der Waals surface area (Å²) in [5.41, 5.74) is 1.38. The zero-order chi connectivity index (χ0) is 18.5. The number of nitrogens with one attached hydrogen (secondary N) is 1. The molecular weight excluding hydrogens is 374 g/mol. The predicted octanol–water partition coefficient (Wildman–Crippen LogP) is 3.44. The molecule has 1 N–H and O–H groups in total. The van der Waals surface area contributed by atoms with Gasteiger partial charge in [-0.25, -0.2) is 0 Å². The van der Waals surface area contributed by atoms with E-state index >= 15 is 0 Å². The summed E-state index contributed by atoms with van der Waals surface area (Å²) in [4.78, 5) is 12.4. The molecule has 7 nitrogen and oxygen atoms in total. The van der Waals surface area contributed by atoms with E-state index < -0.39 is 5.25 Å². The Morgan fingerprint density at radius 3 is 2.69 bits per heavy atom. The molecule has 3 aromatic rings. The van der Waals surface area contributed by atoms with Crippen LogP contribution in [0.1, 0.15) is 6.92 Å². The molecule has 1 aromatic heterocycles. The van der Waals surface area contributed by atoms with Gasteiger partial charge in [0, 0.05) is 10.7 Å². The van der Waals surface area contributed by atoms with Gasteiger partial charge in [-0.2, -0.15) is 4.68 Å². The van der Waals surface area contributed by atoms with E-state index in [1.807, 2.05) is 24.3 Å². The number of amides is 1. The summed E-state index contributed by atoms with van der Waals surface area (Å²) in [5, 5.41) is 15.3. The van der Waals surface area contributed by atoms with Gasteiger partial charge in [0.15, 0.2) is 0 Å². The van der Waals surface area contributed by atoms with E-state index in [2.05, 4.69) is 20.8 Å². The monoisotopic (exact) mass is 389 g/mol. The molecule has 0 aliphatic carbocycles. The molecule has 9 heteroatoms. The quantitative estimate of drug-likeness (QED) is 0.650. The first-order chi connectivity index (χ1) is 12.6. The van der Waals surface area contributed by atoms with Crippen LogP contribution < -0.4 is 10.1 Å². The van der Waals surface area contributed by atoms with Crippen molar-refractivity contribution in [3.63, 3.8) is 0 Å². The molecule has 1 atom stereocenters. The van der Waals surface area contributed by atoms with Gasteiger partial charge < -0.3 is 10.1 Å². The lowest BCUT2D eigenvalue weighted by atomic mass is 10.3. The van der Waals surface area contributed by atoms with Gasteiger partial charge in [0.25, 0.3) is 0 Å². The highest BCUT2D eigenvalue weighted by Gasteiger charge is 2.20. The highest BCUT2D eigenvalue weighted by molar-refractivity contribution is 8.00. The number of hydrogen-bond acceptors (Lipinski definition) is 6. The maximum absolute atomic E-state index is 12.4. The number of methoxy groups -OCH3 is 1. The van der Waals surface area contributed by atoms with Crippen LogP contribution in [-0.2, 0) is 4.79 Å². The van der Waals surface area contributed by atoms with E-state index in [0.29, 0.717) is 27.3 Å². The predicted molar refractivity (Wildman–Crippen MR) is 101 cm³/mol. The Kier molecular flexibility index (Phi) is 5.75. The third kappa shape index (κ3) is 4.14. The SMILES string of the molecule is COc1ccccc1-n1nnnc1S[C@H](C)C(=O)Nc1ccc(Cl)cc1. The maximum Gasteiger partial charge on any atom is 0.237 e. The molecule has 0 bridgehead atoms. The largest absolute Gasteiger partial charge is 0.494 e. The summed E-state index contributed by atoms with van der Waals surface area (Å²) in [7, 11) is 1.58. The van der Waals surface area contributed by atoms with Gasteiger partial charge in [0.2, 0.25) is 11.1 Å². The number of thioether (sulfide) groups is 1. The number of para-hydroxylation sites is 2. The average Bonchev–Trinajstić information content (AvgIpc) is 3.11. The van der Waals surface area contributed by atoms with Crippen molar-refractivity contribution >= 4 is 35.0 Å². The molecule has 26 heavy (non-hydrogen) atoms. The molecule has 0 saturated carbocycles. The molecule has 0 aliphatic heterocycles. The van der Waals surface area contributed by atoms with Gasteiger partial charge >= 0.3 is 0 Å². The van der Waals surface area contributed by atoms with Crippen LogP contribution in [0.2, 0.25) is 5.02 Å². The lowest BCUT2D eigenvalue weighted by molar-refractivity contribution is -0.115. The Bertz CT molecular complexity index is 900. The Hall–Kier alpha value is -2.58. The number of nitrogens with zero attached hydrogens (tertiary/aromatic N) is 4. The van der Waals surface area contributed by atoms with Crippen LogP contribution in [0.5, 0.6) is 5.75 Å². The normalized spacial score (nSPS) is 11.8. The van der Waals surface area contributed by atoms with E-state index in [4.69, 9.17) is 16.3 Å². The summed E-state index contributed by atoms with van der Waals surface area (Å²) in [5.74, 6) is 0.479. The first-order valence-corrected chi connectivity index (χ1v) is 8.99. The number of carbonyl (C=O) groups excluding carboxylic acids is 1. The summed E-state index contributed by atoms with van der Waals surface area (Å²) in [6, 6.07) is 14.3. The van der Waals surface area contributed by atoms with Crippen LogP contribution >= 0.6 is 23.4 Å². The second-order valence-electron chi connectivity index (χ2n) is 5.30. The van der Waals surface area contributed by atoms with Crippen molar-refractivity contribution in [3.05, 3.63) is 53.6 Å². The molecule has 0 fully saturated rings. The van der Waals surface area contributed by atoms with E-state index in [1.54, 1.807) is 43.0 Å². The third-order valence-corrected chi connectivity index (χ3v) is 4.80. The minimum atomic E-state index is -0.412. The first-order valence-electron chi connectivity index (χ1n) is 7.73. The molecule has 2 aromatic carbocycles. The maximum atomic E-state index is 12.4. The molecule has 0 spiro atoms. The molecule has 1 amide bonds. The van der Waals surface area contributed by atoms with Crippen molar-refractivity contribution in [1.82, 2.24) is 20.2 Å². The van der Waals surface area contributed by atoms with E-state index in [-0.39, 0.29) is 5.91 Å². The van der Waals surface area contributed by atoms with Gasteiger partial charge in [0.1, 0.15) is 11.4 Å². The molecule has 0 saturated heterocycles. The van der Waals surface area contributed by atoms with E-state index in [1.165, 1.54) is 11.8 Å². The van der Waals surface area contributed by atoms with Crippen LogP contribution in [0.4, 0.5) is 5.69 Å². The van der Waals surface area contributed by atoms with E-state index in [9.17, 15) is 4.79 Å². The fourth-order valence-electron chi connectivity index (χ4n) is 2.20. The minimum absolute atomic E-state index is 0.160. The minimum Gasteiger partial charge on any atom is -0.494 e. The second-order valence-corrected chi connectivity index (χ2v) is 7.05. The van der Waals surface area contributed by atoms with Crippen molar-refractivity contribution < 1.29 is 9.53 Å². The highest BCUT2D eigenvalue weighted by Crippen LogP contribution is 2.28. The third-order valence-electron chi connectivity index (χ3n) is 3.52. The first kappa shape index (κ1) is 18.2. The zero-order valence-electron chi connectivity index (χ0n) is 14.1. The van der Waals surface area contributed by atoms with Gasteiger partial charge in [-0.15, -0.1) is 5.10 Å². The van der Waals surface area contributed by atoms with Gasteiger partial charge in [-0.3, -0.25) is 4.79 Å². The Morgan fingerprint density at radius 1 is 1.23 bits per heavy atom. The summed E-state index contributed by atoms with van der Waals surface area (Å²) in [6.07, 6.45) is 0. The van der Waals surface area contributed by atoms with Crippen molar-refractivity contribution in [2.24, 2.45) is 0 Å². The number of halogens is 1. The number of rotatable bonds is 6. The smallest absolute Gasteiger partial charge is 0.237 e. The Morgan fingerprint density at radius 2 is 1.96 bits per heavy atom. The number of tetrazole rings is 1. The van der Waals surface area contributed by atoms with Crippen LogP contribution in [0.25, 0.3) is 5.69 Å². The van der Waals surface area contributed by atoms with Crippen LogP contribution in [-0.4, -0.2) is 38.5 Å². The molecular formula is C17H16ClN5O2S. The Labute approximate surface area is 159 Å².